The molecule has 1 amide bonds. The highest BCUT2D eigenvalue weighted by molar-refractivity contribution is 7.12. The molecule has 7 heteroatoms. The van der Waals surface area contributed by atoms with E-state index in [1.54, 1.807) is 34.6 Å². The summed E-state index contributed by atoms with van der Waals surface area (Å²) in [5.74, 6) is -0.701. The molecular formula is C23H26N2O4S. The third-order valence-corrected chi connectivity index (χ3v) is 5.71. The van der Waals surface area contributed by atoms with Gasteiger partial charge in [-0.15, -0.1) is 11.3 Å². The molecule has 0 spiro atoms. The summed E-state index contributed by atoms with van der Waals surface area (Å²) in [6.45, 7) is 5.21. The molecule has 0 bridgehead atoms. The second-order valence-corrected chi connectivity index (χ2v) is 8.25. The van der Waals surface area contributed by atoms with Crippen LogP contribution in [0.15, 0.2) is 65.8 Å². The molecule has 30 heavy (non-hydrogen) atoms. The molecule has 0 aliphatic carbocycles. The predicted octanol–water partition coefficient (Wildman–Crippen LogP) is 3.84. The molecule has 6 nitrogen and oxygen atoms in total. The van der Waals surface area contributed by atoms with Crippen LogP contribution in [0.1, 0.15) is 27.7 Å². The number of hydrogen-bond acceptors (Lipinski definition) is 6. The van der Waals surface area contributed by atoms with Crippen LogP contribution in [-0.4, -0.2) is 60.4 Å². The smallest absolute Gasteiger partial charge is 0.290 e. The van der Waals surface area contributed by atoms with Crippen molar-refractivity contribution in [3.05, 3.63) is 76.2 Å². The first kappa shape index (κ1) is 21.8. The van der Waals surface area contributed by atoms with Gasteiger partial charge in [0.15, 0.2) is 5.76 Å². The van der Waals surface area contributed by atoms with Crippen LogP contribution < -0.4 is 4.74 Å². The highest BCUT2D eigenvalue weighted by atomic mass is 32.1. The number of hydrogen-bond donors (Lipinski definition) is 1. The SMILES string of the molecule is C=CCOc1cccc([C@@H]2C(C(=O)c3cccs3)=C(O)C(=O)N2CCCN(C)C)c1. The van der Waals surface area contributed by atoms with E-state index in [0.29, 0.717) is 23.8 Å². The highest BCUT2D eigenvalue weighted by Gasteiger charge is 2.43. The summed E-state index contributed by atoms with van der Waals surface area (Å²) >= 11 is 1.29. The molecule has 0 unspecified atom stereocenters. The lowest BCUT2D eigenvalue weighted by Crippen LogP contribution is -2.33. The van der Waals surface area contributed by atoms with Crippen LogP contribution in [0.3, 0.4) is 0 Å². The zero-order valence-electron chi connectivity index (χ0n) is 17.2. The third kappa shape index (κ3) is 4.63. The van der Waals surface area contributed by atoms with Gasteiger partial charge in [-0.05, 0) is 56.2 Å². The largest absolute Gasteiger partial charge is 0.503 e. The van der Waals surface area contributed by atoms with Crippen molar-refractivity contribution in [2.24, 2.45) is 0 Å². The number of amides is 1. The number of rotatable bonds is 10. The van der Waals surface area contributed by atoms with E-state index in [4.69, 9.17) is 4.74 Å². The molecule has 1 aromatic heterocycles. The molecule has 0 saturated heterocycles. The summed E-state index contributed by atoms with van der Waals surface area (Å²) in [7, 11) is 3.93. The van der Waals surface area contributed by atoms with Crippen molar-refractivity contribution >= 4 is 23.0 Å². The third-order valence-electron chi connectivity index (χ3n) is 4.84. The molecule has 2 heterocycles. The van der Waals surface area contributed by atoms with Gasteiger partial charge in [-0.2, -0.15) is 0 Å². The van der Waals surface area contributed by atoms with Crippen molar-refractivity contribution in [2.75, 3.05) is 33.8 Å². The Kier molecular flexibility index (Phi) is 7.07. The van der Waals surface area contributed by atoms with Gasteiger partial charge in [0.1, 0.15) is 12.4 Å². The lowest BCUT2D eigenvalue weighted by Gasteiger charge is -2.27. The van der Waals surface area contributed by atoms with Crippen molar-refractivity contribution < 1.29 is 19.4 Å². The summed E-state index contributed by atoms with van der Waals surface area (Å²) in [5.41, 5.74) is 0.840. The van der Waals surface area contributed by atoms with Gasteiger partial charge in [0.05, 0.1) is 16.5 Å². The van der Waals surface area contributed by atoms with Crippen LogP contribution in [0, 0.1) is 0 Å². The number of Topliss-reactive ketones (excluding diaryl/α,β-unsaturated/α-hetero) is 1. The standard InChI is InChI=1S/C23H26N2O4S/c1-4-13-29-17-9-5-8-16(15-17)20-19(21(26)18-10-6-14-30-18)22(27)23(28)25(20)12-7-11-24(2)3/h4-6,8-10,14-15,20,27H,1,7,11-13H2,2-3H3/t20-/m1/s1. The van der Waals surface area contributed by atoms with Gasteiger partial charge in [0, 0.05) is 6.54 Å². The van der Waals surface area contributed by atoms with Crippen LogP contribution in [0.2, 0.25) is 0 Å². The monoisotopic (exact) mass is 426 g/mol. The maximum atomic E-state index is 13.2. The Balaban J connectivity index is 2.00. The Morgan fingerprint density at radius 3 is 2.80 bits per heavy atom. The number of aliphatic hydroxyl groups excluding tert-OH is 1. The lowest BCUT2D eigenvalue weighted by atomic mass is 9.95. The van der Waals surface area contributed by atoms with Gasteiger partial charge in [0.25, 0.3) is 5.91 Å². The molecule has 1 aliphatic heterocycles. The number of benzene rings is 1. The van der Waals surface area contributed by atoms with Crippen molar-refractivity contribution in [3.8, 4) is 5.75 Å². The summed E-state index contributed by atoms with van der Waals surface area (Å²) in [4.78, 5) is 30.2. The lowest BCUT2D eigenvalue weighted by molar-refractivity contribution is -0.129. The Bertz CT molecular complexity index is 950. The van der Waals surface area contributed by atoms with Crippen molar-refractivity contribution in [2.45, 2.75) is 12.5 Å². The van der Waals surface area contributed by atoms with Gasteiger partial charge < -0.3 is 19.6 Å². The molecule has 0 radical (unpaired) electrons. The highest BCUT2D eigenvalue weighted by Crippen LogP contribution is 2.40. The molecular weight excluding hydrogens is 400 g/mol. The Morgan fingerprint density at radius 1 is 1.33 bits per heavy atom. The first-order chi connectivity index (χ1) is 14.4. The predicted molar refractivity (Wildman–Crippen MR) is 118 cm³/mol. The Labute approximate surface area is 180 Å². The minimum absolute atomic E-state index is 0.119. The summed E-state index contributed by atoms with van der Waals surface area (Å²) in [5, 5.41) is 12.5. The van der Waals surface area contributed by atoms with Crippen LogP contribution in [0.25, 0.3) is 0 Å². The van der Waals surface area contributed by atoms with Gasteiger partial charge in [-0.25, -0.2) is 0 Å². The molecule has 0 fully saturated rings. The number of thiophene rings is 1. The number of nitrogens with zero attached hydrogens (tertiary/aromatic N) is 2. The second kappa shape index (κ2) is 9.73. The zero-order chi connectivity index (χ0) is 21.7. The van der Waals surface area contributed by atoms with Gasteiger partial charge in [-0.1, -0.05) is 30.9 Å². The first-order valence-corrected chi connectivity index (χ1v) is 10.6. The Morgan fingerprint density at radius 2 is 2.13 bits per heavy atom. The number of ketones is 1. The summed E-state index contributed by atoms with van der Waals surface area (Å²) in [6.07, 6.45) is 2.37. The fraction of sp³-hybridized carbons (Fsp3) is 0.304. The molecule has 1 aliphatic rings. The zero-order valence-corrected chi connectivity index (χ0v) is 18.0. The maximum absolute atomic E-state index is 13.2. The number of ether oxygens (including phenoxy) is 1. The van der Waals surface area contributed by atoms with Crippen LogP contribution in [-0.2, 0) is 4.79 Å². The van der Waals surface area contributed by atoms with Gasteiger partial charge in [-0.3, -0.25) is 9.59 Å². The van der Waals surface area contributed by atoms with E-state index in [0.717, 1.165) is 18.5 Å². The van der Waals surface area contributed by atoms with Crippen molar-refractivity contribution in [1.29, 1.82) is 0 Å². The van der Waals surface area contributed by atoms with Gasteiger partial charge >= 0.3 is 0 Å². The van der Waals surface area contributed by atoms with E-state index >= 15 is 0 Å². The fourth-order valence-electron chi connectivity index (χ4n) is 3.49. The van der Waals surface area contributed by atoms with Crippen LogP contribution in [0.5, 0.6) is 5.75 Å². The molecule has 1 N–H and O–H groups in total. The fourth-order valence-corrected chi connectivity index (χ4v) is 4.17. The van der Waals surface area contributed by atoms with E-state index in [1.807, 2.05) is 37.2 Å². The molecule has 2 aromatic rings. The first-order valence-electron chi connectivity index (χ1n) is 9.74. The summed E-state index contributed by atoms with van der Waals surface area (Å²) < 4.78 is 5.64. The molecule has 1 aromatic carbocycles. The normalized spacial score (nSPS) is 16.4. The van der Waals surface area contributed by atoms with Gasteiger partial charge in [0.2, 0.25) is 5.78 Å². The topological polar surface area (TPSA) is 70.1 Å². The molecule has 158 valence electrons. The average Bonchev–Trinajstić information content (AvgIpc) is 3.35. The molecule has 1 atom stereocenters. The maximum Gasteiger partial charge on any atom is 0.290 e. The number of carbonyl (C=O) groups excluding carboxylic acids is 2. The average molecular weight is 427 g/mol. The van der Waals surface area contributed by atoms with Crippen LogP contribution in [0.4, 0.5) is 0 Å². The second-order valence-electron chi connectivity index (χ2n) is 7.30. The minimum atomic E-state index is -0.665. The molecule has 3 rings (SSSR count). The van der Waals surface area contributed by atoms with E-state index < -0.39 is 17.7 Å². The quantitative estimate of drug-likeness (QED) is 0.462. The number of aliphatic hydroxyl groups is 1. The van der Waals surface area contributed by atoms with Crippen molar-refractivity contribution in [1.82, 2.24) is 9.80 Å². The van der Waals surface area contributed by atoms with Crippen LogP contribution >= 0.6 is 11.3 Å². The summed E-state index contributed by atoms with van der Waals surface area (Å²) in [6, 6.07) is 10.1. The van der Waals surface area contributed by atoms with Crippen molar-refractivity contribution in [3.63, 3.8) is 0 Å². The Hall–Kier alpha value is -2.90. The van der Waals surface area contributed by atoms with E-state index in [2.05, 4.69) is 6.58 Å². The van der Waals surface area contributed by atoms with E-state index in [1.165, 1.54) is 11.3 Å². The minimum Gasteiger partial charge on any atom is -0.503 e. The number of carbonyl (C=O) groups is 2. The molecule has 0 saturated carbocycles. The van der Waals surface area contributed by atoms with E-state index in [-0.39, 0.29) is 11.4 Å². The van der Waals surface area contributed by atoms with E-state index in [9.17, 15) is 14.7 Å².